The molecule has 2 rings (SSSR count). The van der Waals surface area contributed by atoms with Crippen LogP contribution in [0.1, 0.15) is 6.92 Å². The molecule has 1 aromatic carbocycles. The second-order valence-corrected chi connectivity index (χ2v) is 6.56. The van der Waals surface area contributed by atoms with E-state index in [1.165, 1.54) is 12.3 Å². The zero-order valence-corrected chi connectivity index (χ0v) is 13.8. The minimum Gasteiger partial charge on any atom is -0.354 e. The molecule has 9 heteroatoms. The molecule has 7 nitrogen and oxygen atoms in total. The van der Waals surface area contributed by atoms with Gasteiger partial charge in [-0.3, -0.25) is 4.98 Å². The van der Waals surface area contributed by atoms with E-state index in [2.05, 4.69) is 15.6 Å². The molecule has 0 aliphatic rings. The van der Waals surface area contributed by atoms with E-state index in [0.29, 0.717) is 17.3 Å². The highest BCUT2D eigenvalue weighted by Gasteiger charge is 2.21. The fourth-order valence-corrected chi connectivity index (χ4v) is 3.02. The van der Waals surface area contributed by atoms with Crippen LogP contribution in [0, 0.1) is 0 Å². The number of carbonyl (C=O) groups is 1. The van der Waals surface area contributed by atoms with Crippen molar-refractivity contribution in [2.75, 3.05) is 11.9 Å². The number of sulfonamides is 1. The Morgan fingerprint density at radius 2 is 2.09 bits per heavy atom. The van der Waals surface area contributed by atoms with Crippen LogP contribution in [0.15, 0.2) is 47.6 Å². The monoisotopic (exact) mass is 354 g/mol. The topological polar surface area (TPSA) is 100 Å². The van der Waals surface area contributed by atoms with Crippen molar-refractivity contribution in [3.63, 3.8) is 0 Å². The van der Waals surface area contributed by atoms with Gasteiger partial charge in [0.25, 0.3) is 10.0 Å². The van der Waals surface area contributed by atoms with Gasteiger partial charge in [0.15, 0.2) is 0 Å². The fraction of sp³-hybridized carbons (Fsp3) is 0.143. The summed E-state index contributed by atoms with van der Waals surface area (Å²) in [5, 5.41) is 5.82. The molecule has 0 saturated heterocycles. The maximum absolute atomic E-state index is 12.3. The highest BCUT2D eigenvalue weighted by molar-refractivity contribution is 7.90. The van der Waals surface area contributed by atoms with Crippen LogP contribution in [0.5, 0.6) is 0 Å². The van der Waals surface area contributed by atoms with E-state index in [4.69, 9.17) is 11.6 Å². The largest absolute Gasteiger partial charge is 0.354 e. The number of hydrogen-bond acceptors (Lipinski definition) is 5. The van der Waals surface area contributed by atoms with Crippen molar-refractivity contribution in [1.29, 1.82) is 0 Å². The van der Waals surface area contributed by atoms with Crippen molar-refractivity contribution >= 4 is 39.0 Å². The van der Waals surface area contributed by atoms with Gasteiger partial charge in [0.2, 0.25) is 0 Å². The summed E-state index contributed by atoms with van der Waals surface area (Å²) in [6, 6.07) is 7.51. The van der Waals surface area contributed by atoms with Crippen molar-refractivity contribution < 1.29 is 13.2 Å². The van der Waals surface area contributed by atoms with Crippen LogP contribution < -0.4 is 15.4 Å². The zero-order valence-electron chi connectivity index (χ0n) is 12.2. The summed E-state index contributed by atoms with van der Waals surface area (Å²) in [6.07, 6.45) is 2.60. The van der Waals surface area contributed by atoms with E-state index in [1.54, 1.807) is 31.2 Å². The van der Waals surface area contributed by atoms with Crippen molar-refractivity contribution in [3.05, 3.63) is 47.7 Å². The minimum atomic E-state index is -4.06. The molecule has 0 aliphatic heterocycles. The third kappa shape index (κ3) is 4.57. The van der Waals surface area contributed by atoms with E-state index in [0.717, 1.165) is 6.20 Å². The number of anilines is 2. The SMILES string of the molecule is CCNC(=O)NS(=O)(=O)c1cnccc1Nc1cccc(Cl)c1. The summed E-state index contributed by atoms with van der Waals surface area (Å²) in [7, 11) is -4.06. The maximum Gasteiger partial charge on any atom is 0.328 e. The Morgan fingerprint density at radius 3 is 2.78 bits per heavy atom. The number of amides is 2. The number of benzene rings is 1. The van der Waals surface area contributed by atoms with Crippen molar-refractivity contribution in [3.8, 4) is 0 Å². The van der Waals surface area contributed by atoms with Gasteiger partial charge in [-0.2, -0.15) is 0 Å². The zero-order chi connectivity index (χ0) is 16.9. The molecule has 122 valence electrons. The molecule has 2 aromatic rings. The van der Waals surface area contributed by atoms with E-state index in [9.17, 15) is 13.2 Å². The molecule has 0 unspecified atom stereocenters. The molecule has 0 fully saturated rings. The van der Waals surface area contributed by atoms with Crippen LogP contribution in [0.4, 0.5) is 16.2 Å². The van der Waals surface area contributed by atoms with Gasteiger partial charge in [-0.15, -0.1) is 0 Å². The Hall–Kier alpha value is -2.32. The number of rotatable bonds is 5. The Kier molecular flexibility index (Phi) is 5.41. The molecule has 0 bridgehead atoms. The van der Waals surface area contributed by atoms with Crippen molar-refractivity contribution in [1.82, 2.24) is 15.0 Å². The molecule has 0 radical (unpaired) electrons. The first-order chi connectivity index (χ1) is 10.9. The molecule has 0 aliphatic carbocycles. The molecular weight excluding hydrogens is 340 g/mol. The Bertz CT molecular complexity index is 811. The summed E-state index contributed by atoms with van der Waals surface area (Å²) < 4.78 is 26.6. The molecule has 0 atom stereocenters. The van der Waals surface area contributed by atoms with Gasteiger partial charge in [-0.1, -0.05) is 17.7 Å². The van der Waals surface area contributed by atoms with E-state index >= 15 is 0 Å². The summed E-state index contributed by atoms with van der Waals surface area (Å²) >= 11 is 5.91. The molecule has 3 N–H and O–H groups in total. The smallest absolute Gasteiger partial charge is 0.328 e. The molecule has 0 spiro atoms. The number of carbonyl (C=O) groups excluding carboxylic acids is 1. The third-order valence-corrected chi connectivity index (χ3v) is 4.34. The summed E-state index contributed by atoms with van der Waals surface area (Å²) in [5.74, 6) is 0. The third-order valence-electron chi connectivity index (χ3n) is 2.74. The van der Waals surface area contributed by atoms with Gasteiger partial charge in [-0.25, -0.2) is 17.9 Å². The Morgan fingerprint density at radius 1 is 1.30 bits per heavy atom. The van der Waals surface area contributed by atoms with Crippen LogP contribution in [0.3, 0.4) is 0 Å². The highest BCUT2D eigenvalue weighted by Crippen LogP contribution is 2.25. The van der Waals surface area contributed by atoms with Crippen LogP contribution in [0.25, 0.3) is 0 Å². The van der Waals surface area contributed by atoms with Crippen molar-refractivity contribution in [2.45, 2.75) is 11.8 Å². The summed E-state index contributed by atoms with van der Waals surface area (Å²) in [5.41, 5.74) is 0.886. The number of nitrogens with one attached hydrogen (secondary N) is 3. The standard InChI is InChI=1S/C14H15ClN4O3S/c1-2-17-14(20)19-23(21,22)13-9-16-7-6-12(13)18-11-5-3-4-10(15)8-11/h3-9H,2H2,1H3,(H,16,18)(H2,17,19,20). The Balaban J connectivity index is 2.31. The number of nitrogens with zero attached hydrogens (tertiary/aromatic N) is 1. The first-order valence-electron chi connectivity index (χ1n) is 6.69. The van der Waals surface area contributed by atoms with Gasteiger partial charge < -0.3 is 10.6 Å². The molecule has 1 heterocycles. The lowest BCUT2D eigenvalue weighted by Crippen LogP contribution is -2.39. The number of hydrogen-bond donors (Lipinski definition) is 3. The first kappa shape index (κ1) is 17.0. The number of aromatic nitrogens is 1. The van der Waals surface area contributed by atoms with Crippen molar-refractivity contribution in [2.24, 2.45) is 0 Å². The summed E-state index contributed by atoms with van der Waals surface area (Å²) in [6.45, 7) is 1.99. The molecule has 0 saturated carbocycles. The van der Waals surface area contributed by atoms with E-state index < -0.39 is 16.1 Å². The predicted molar refractivity (Wildman–Crippen MR) is 88.4 cm³/mol. The predicted octanol–water partition coefficient (Wildman–Crippen LogP) is 2.49. The average Bonchev–Trinajstić information content (AvgIpc) is 2.47. The van der Waals surface area contributed by atoms with Crippen LogP contribution in [-0.4, -0.2) is 26.0 Å². The van der Waals surface area contributed by atoms with Gasteiger partial charge in [0, 0.05) is 29.6 Å². The number of urea groups is 1. The lowest BCUT2D eigenvalue weighted by molar-refractivity contribution is 0.246. The molecule has 1 aromatic heterocycles. The number of pyridine rings is 1. The van der Waals surface area contributed by atoms with E-state index in [-0.39, 0.29) is 10.6 Å². The van der Waals surface area contributed by atoms with Crippen LogP contribution in [-0.2, 0) is 10.0 Å². The van der Waals surface area contributed by atoms with Gasteiger partial charge in [0.05, 0.1) is 5.69 Å². The van der Waals surface area contributed by atoms with Crippen LogP contribution in [0.2, 0.25) is 5.02 Å². The van der Waals surface area contributed by atoms with Gasteiger partial charge in [-0.05, 0) is 31.2 Å². The first-order valence-corrected chi connectivity index (χ1v) is 8.55. The Labute approximate surface area is 139 Å². The molecular formula is C14H15ClN4O3S. The van der Waals surface area contributed by atoms with Gasteiger partial charge in [0.1, 0.15) is 4.90 Å². The van der Waals surface area contributed by atoms with Gasteiger partial charge >= 0.3 is 6.03 Å². The minimum absolute atomic E-state index is 0.147. The lowest BCUT2D eigenvalue weighted by atomic mass is 10.3. The molecule has 23 heavy (non-hydrogen) atoms. The average molecular weight is 355 g/mol. The fourth-order valence-electron chi connectivity index (χ4n) is 1.79. The molecule has 2 amide bonds. The quantitative estimate of drug-likeness (QED) is 0.766. The normalized spacial score (nSPS) is 10.9. The second kappa shape index (κ2) is 7.30. The van der Waals surface area contributed by atoms with Crippen LogP contribution >= 0.6 is 11.6 Å². The second-order valence-electron chi connectivity index (χ2n) is 4.47. The lowest BCUT2D eigenvalue weighted by Gasteiger charge is -2.13. The van der Waals surface area contributed by atoms with E-state index in [1.807, 2.05) is 4.72 Å². The highest BCUT2D eigenvalue weighted by atomic mass is 35.5. The number of halogens is 1. The maximum atomic E-state index is 12.3. The summed E-state index contributed by atoms with van der Waals surface area (Å²) in [4.78, 5) is 15.1.